The predicted molar refractivity (Wildman–Crippen MR) is 141 cm³/mol. The minimum absolute atomic E-state index is 0.275. The number of anilines is 2. The molecule has 0 radical (unpaired) electrons. The normalized spacial score (nSPS) is 13.7. The van der Waals surface area contributed by atoms with Gasteiger partial charge in [0.2, 0.25) is 0 Å². The van der Waals surface area contributed by atoms with Gasteiger partial charge in [0.1, 0.15) is 5.82 Å². The van der Waals surface area contributed by atoms with Gasteiger partial charge in [-0.05, 0) is 60.6 Å². The first kappa shape index (κ1) is 24.7. The molecule has 2 aromatic carbocycles. The number of imidazole rings is 1. The number of carbonyl (C=O) groups excluding carboxylic acids is 1. The van der Waals surface area contributed by atoms with Crippen LogP contribution in [-0.4, -0.2) is 58.6 Å². The second-order valence-electron chi connectivity index (χ2n) is 9.05. The molecule has 7 nitrogen and oxygen atoms in total. The van der Waals surface area contributed by atoms with Crippen molar-refractivity contribution in [1.29, 1.82) is 0 Å². The van der Waals surface area contributed by atoms with Crippen LogP contribution in [0.2, 0.25) is 0 Å². The number of nitrogens with one attached hydrogen (secondary N) is 2. The summed E-state index contributed by atoms with van der Waals surface area (Å²) in [5.41, 5.74) is 2.91. The number of carbonyl (C=O) groups is 1. The fourth-order valence-electron chi connectivity index (χ4n) is 4.01. The summed E-state index contributed by atoms with van der Waals surface area (Å²) < 4.78 is 13.8. The monoisotopic (exact) mass is 494 g/mol. The average Bonchev–Trinajstić information content (AvgIpc) is 3.39. The summed E-state index contributed by atoms with van der Waals surface area (Å²) in [6.45, 7) is 8.95. The summed E-state index contributed by atoms with van der Waals surface area (Å²) in [7, 11) is 0. The largest absolute Gasteiger partial charge is 0.368 e. The molecular formula is C26H31FN6OS. The summed E-state index contributed by atoms with van der Waals surface area (Å²) >= 11 is 5.54. The van der Waals surface area contributed by atoms with Crippen molar-refractivity contribution in [3.8, 4) is 0 Å². The molecule has 1 aromatic heterocycles. The van der Waals surface area contributed by atoms with Gasteiger partial charge in [-0.15, -0.1) is 0 Å². The third kappa shape index (κ3) is 6.36. The molecule has 0 atom stereocenters. The van der Waals surface area contributed by atoms with E-state index in [4.69, 9.17) is 12.2 Å². The molecule has 1 amide bonds. The second kappa shape index (κ2) is 11.3. The average molecular weight is 495 g/mol. The highest BCUT2D eigenvalue weighted by Gasteiger charge is 2.22. The van der Waals surface area contributed by atoms with E-state index in [1.807, 2.05) is 24.3 Å². The SMILES string of the molecule is CC(C)CNC(=S)N1CCN(c2ccc(N(Cc3cnc[nH]3)C(=O)c3cccc(F)c3)cc2)CC1. The van der Waals surface area contributed by atoms with E-state index in [0.29, 0.717) is 18.0 Å². The Labute approximate surface area is 210 Å². The minimum Gasteiger partial charge on any atom is -0.368 e. The molecule has 2 heterocycles. The van der Waals surface area contributed by atoms with E-state index in [0.717, 1.165) is 54.9 Å². The van der Waals surface area contributed by atoms with Crippen molar-refractivity contribution in [1.82, 2.24) is 20.2 Å². The third-order valence-electron chi connectivity index (χ3n) is 5.95. The van der Waals surface area contributed by atoms with Crippen molar-refractivity contribution in [2.75, 3.05) is 42.5 Å². The summed E-state index contributed by atoms with van der Waals surface area (Å²) in [5.74, 6) is -0.165. The zero-order valence-corrected chi connectivity index (χ0v) is 20.9. The van der Waals surface area contributed by atoms with Gasteiger partial charge >= 0.3 is 0 Å². The number of nitrogens with zero attached hydrogens (tertiary/aromatic N) is 4. The van der Waals surface area contributed by atoms with E-state index < -0.39 is 5.82 Å². The lowest BCUT2D eigenvalue weighted by Crippen LogP contribution is -2.52. The highest BCUT2D eigenvalue weighted by atomic mass is 32.1. The Bertz CT molecular complexity index is 1130. The van der Waals surface area contributed by atoms with Gasteiger partial charge in [-0.2, -0.15) is 0 Å². The fourth-order valence-corrected chi connectivity index (χ4v) is 4.28. The van der Waals surface area contributed by atoms with Crippen molar-refractivity contribution in [2.24, 2.45) is 5.92 Å². The Kier molecular flexibility index (Phi) is 7.97. The highest BCUT2D eigenvalue weighted by Crippen LogP contribution is 2.25. The van der Waals surface area contributed by atoms with E-state index in [2.05, 4.69) is 38.9 Å². The molecule has 0 unspecified atom stereocenters. The molecule has 0 spiro atoms. The maximum absolute atomic E-state index is 13.8. The smallest absolute Gasteiger partial charge is 0.258 e. The number of thiocarbonyl (C=S) groups is 1. The van der Waals surface area contributed by atoms with Crippen molar-refractivity contribution in [2.45, 2.75) is 20.4 Å². The van der Waals surface area contributed by atoms with E-state index in [1.54, 1.807) is 29.6 Å². The lowest BCUT2D eigenvalue weighted by molar-refractivity contribution is 0.0984. The zero-order chi connectivity index (χ0) is 24.8. The molecule has 2 N–H and O–H groups in total. The molecule has 35 heavy (non-hydrogen) atoms. The van der Waals surface area contributed by atoms with Crippen LogP contribution in [0.5, 0.6) is 0 Å². The lowest BCUT2D eigenvalue weighted by Gasteiger charge is -2.37. The summed E-state index contributed by atoms with van der Waals surface area (Å²) in [5, 5.41) is 4.16. The number of piperazine rings is 1. The lowest BCUT2D eigenvalue weighted by atomic mass is 10.1. The van der Waals surface area contributed by atoms with E-state index in [-0.39, 0.29) is 5.91 Å². The quantitative estimate of drug-likeness (QED) is 0.483. The van der Waals surface area contributed by atoms with Gasteiger partial charge in [-0.1, -0.05) is 19.9 Å². The summed E-state index contributed by atoms with van der Waals surface area (Å²) in [4.78, 5) is 26.5. The van der Waals surface area contributed by atoms with Gasteiger partial charge in [0, 0.05) is 55.9 Å². The molecule has 0 bridgehead atoms. The topological polar surface area (TPSA) is 67.5 Å². The molecule has 1 aliphatic rings. The third-order valence-corrected chi connectivity index (χ3v) is 6.36. The molecule has 1 aliphatic heterocycles. The first-order valence-electron chi connectivity index (χ1n) is 11.8. The molecule has 3 aromatic rings. The molecule has 184 valence electrons. The first-order valence-corrected chi connectivity index (χ1v) is 12.2. The van der Waals surface area contributed by atoms with Crippen molar-refractivity contribution < 1.29 is 9.18 Å². The van der Waals surface area contributed by atoms with Gasteiger partial charge in [0.05, 0.1) is 18.6 Å². The summed E-state index contributed by atoms with van der Waals surface area (Å²) in [6.07, 6.45) is 3.26. The van der Waals surface area contributed by atoms with Crippen LogP contribution in [0.15, 0.2) is 61.1 Å². The van der Waals surface area contributed by atoms with Crippen molar-refractivity contribution in [3.63, 3.8) is 0 Å². The maximum Gasteiger partial charge on any atom is 0.258 e. The van der Waals surface area contributed by atoms with Crippen LogP contribution in [0, 0.1) is 11.7 Å². The number of aromatic nitrogens is 2. The van der Waals surface area contributed by atoms with Gasteiger partial charge in [0.15, 0.2) is 5.11 Å². The number of hydrogen-bond donors (Lipinski definition) is 2. The van der Waals surface area contributed by atoms with Crippen LogP contribution < -0.4 is 15.1 Å². The number of benzene rings is 2. The van der Waals surface area contributed by atoms with Crippen LogP contribution in [0.4, 0.5) is 15.8 Å². The van der Waals surface area contributed by atoms with Gasteiger partial charge in [-0.3, -0.25) is 4.79 Å². The highest BCUT2D eigenvalue weighted by molar-refractivity contribution is 7.80. The Hall–Kier alpha value is -3.46. The van der Waals surface area contributed by atoms with Crippen LogP contribution in [0.1, 0.15) is 29.9 Å². The number of H-pyrrole nitrogens is 1. The van der Waals surface area contributed by atoms with E-state index in [1.165, 1.54) is 12.1 Å². The maximum atomic E-state index is 13.8. The van der Waals surface area contributed by atoms with Crippen LogP contribution >= 0.6 is 12.2 Å². The van der Waals surface area contributed by atoms with E-state index in [9.17, 15) is 9.18 Å². The number of amides is 1. The zero-order valence-electron chi connectivity index (χ0n) is 20.1. The van der Waals surface area contributed by atoms with Gasteiger partial charge < -0.3 is 25.0 Å². The van der Waals surface area contributed by atoms with Gasteiger partial charge in [-0.25, -0.2) is 9.37 Å². The number of rotatable bonds is 7. The molecule has 4 rings (SSSR count). The molecular weight excluding hydrogens is 463 g/mol. The number of hydrogen-bond acceptors (Lipinski definition) is 4. The fraction of sp³-hybridized carbons (Fsp3) is 0.346. The Morgan fingerprint density at radius 3 is 2.54 bits per heavy atom. The molecule has 1 fully saturated rings. The van der Waals surface area contributed by atoms with Crippen LogP contribution in [-0.2, 0) is 6.54 Å². The Morgan fingerprint density at radius 2 is 1.91 bits per heavy atom. The number of halogens is 1. The van der Waals surface area contributed by atoms with E-state index >= 15 is 0 Å². The number of aromatic amines is 1. The molecule has 1 saturated heterocycles. The first-order chi connectivity index (χ1) is 16.9. The molecule has 0 aliphatic carbocycles. The predicted octanol–water partition coefficient (Wildman–Crippen LogP) is 4.05. The minimum atomic E-state index is -0.439. The van der Waals surface area contributed by atoms with Crippen LogP contribution in [0.3, 0.4) is 0 Å². The van der Waals surface area contributed by atoms with Gasteiger partial charge in [0.25, 0.3) is 5.91 Å². The van der Waals surface area contributed by atoms with Crippen molar-refractivity contribution in [3.05, 3.63) is 78.1 Å². The Balaban J connectivity index is 1.45. The van der Waals surface area contributed by atoms with Crippen LogP contribution in [0.25, 0.3) is 0 Å². The molecule has 9 heteroatoms. The van der Waals surface area contributed by atoms with Crippen molar-refractivity contribution >= 4 is 34.6 Å². The Morgan fingerprint density at radius 1 is 1.17 bits per heavy atom. The molecule has 0 saturated carbocycles. The standard InChI is InChI=1S/C26H31FN6OS/c1-19(2)15-29-26(35)32-12-10-31(11-13-32)23-6-8-24(9-7-23)33(17-22-16-28-18-30-22)25(34)20-4-3-5-21(27)14-20/h3-9,14,16,18-19H,10-13,15,17H2,1-2H3,(H,28,30)(H,29,35). The summed E-state index contributed by atoms with van der Waals surface area (Å²) in [6, 6.07) is 13.7. The second-order valence-corrected chi connectivity index (χ2v) is 9.44.